The summed E-state index contributed by atoms with van der Waals surface area (Å²) in [6.45, 7) is 1.07. The number of carbonyl (C=O) groups is 1. The van der Waals surface area contributed by atoms with Crippen molar-refractivity contribution in [1.82, 2.24) is 5.32 Å². The van der Waals surface area contributed by atoms with Crippen LogP contribution >= 0.6 is 0 Å². The van der Waals surface area contributed by atoms with Crippen LogP contribution < -0.4 is 14.8 Å². The summed E-state index contributed by atoms with van der Waals surface area (Å²) < 4.78 is 39.3. The molecule has 1 aromatic carbocycles. The summed E-state index contributed by atoms with van der Waals surface area (Å²) in [7, 11) is 1.36. The van der Waals surface area contributed by atoms with Crippen LogP contribution in [-0.4, -0.2) is 39.4 Å². The third kappa shape index (κ3) is 9.05. The Morgan fingerprint density at radius 1 is 1.24 bits per heavy atom. The second-order valence-electron chi connectivity index (χ2n) is 5.23. The molecule has 0 fully saturated rings. The minimum absolute atomic E-state index is 0.0535. The van der Waals surface area contributed by atoms with E-state index in [-0.39, 0.29) is 17.4 Å². The van der Waals surface area contributed by atoms with E-state index in [1.54, 1.807) is 12.1 Å². The Hall–Kier alpha value is -2.15. The van der Waals surface area contributed by atoms with Gasteiger partial charge in [0.15, 0.2) is 11.5 Å². The zero-order chi connectivity index (χ0) is 18.5. The second-order valence-corrected chi connectivity index (χ2v) is 5.23. The van der Waals surface area contributed by atoms with Crippen molar-refractivity contribution < 1.29 is 27.8 Å². The summed E-state index contributed by atoms with van der Waals surface area (Å²) in [6.07, 6.45) is 5.83. The molecule has 0 unspecified atom stereocenters. The quantitative estimate of drug-likeness (QED) is 0.458. The predicted molar refractivity (Wildman–Crippen MR) is 92.0 cm³/mol. The van der Waals surface area contributed by atoms with Gasteiger partial charge in [-0.1, -0.05) is 19.4 Å². The molecule has 0 atom stereocenters. The van der Waals surface area contributed by atoms with Gasteiger partial charge in [0, 0.05) is 25.8 Å². The number of hydrogen-bond acceptors (Lipinski definition) is 4. The number of halogens is 2. The maximum atomic E-state index is 12.3. The van der Waals surface area contributed by atoms with Crippen molar-refractivity contribution in [3.05, 3.63) is 29.8 Å². The molecule has 0 aromatic heterocycles. The molecule has 0 spiro atoms. The van der Waals surface area contributed by atoms with E-state index < -0.39 is 6.61 Å². The molecular weight excluding hydrogens is 332 g/mol. The molecule has 0 heterocycles. The number of benzene rings is 1. The average Bonchev–Trinajstić information content (AvgIpc) is 2.59. The van der Waals surface area contributed by atoms with E-state index in [1.165, 1.54) is 25.3 Å². The first-order chi connectivity index (χ1) is 12.1. The van der Waals surface area contributed by atoms with Crippen molar-refractivity contribution in [1.29, 1.82) is 0 Å². The summed E-state index contributed by atoms with van der Waals surface area (Å²) in [6, 6.07) is 4.45. The fourth-order valence-electron chi connectivity index (χ4n) is 1.95. The third-order valence-corrected chi connectivity index (χ3v) is 3.24. The lowest BCUT2D eigenvalue weighted by Crippen LogP contribution is -2.23. The lowest BCUT2D eigenvalue weighted by atomic mass is 10.2. The normalized spacial score (nSPS) is 11.1. The fraction of sp³-hybridized carbons (Fsp3) is 0.500. The van der Waals surface area contributed by atoms with E-state index in [1.807, 2.05) is 0 Å². The predicted octanol–water partition coefficient (Wildman–Crippen LogP) is 3.63. The van der Waals surface area contributed by atoms with Gasteiger partial charge in [-0.2, -0.15) is 8.78 Å². The molecule has 5 nitrogen and oxygen atoms in total. The number of nitrogens with one attached hydrogen (secondary N) is 1. The molecule has 0 bridgehead atoms. The highest BCUT2D eigenvalue weighted by atomic mass is 19.3. The Kier molecular flexibility index (Phi) is 10.2. The van der Waals surface area contributed by atoms with E-state index in [0.29, 0.717) is 18.7 Å². The first-order valence-electron chi connectivity index (χ1n) is 8.23. The molecule has 0 saturated carbocycles. The lowest BCUT2D eigenvalue weighted by molar-refractivity contribution is -0.116. The summed E-state index contributed by atoms with van der Waals surface area (Å²) in [4.78, 5) is 11.7. The highest BCUT2D eigenvalue weighted by Gasteiger charge is 2.10. The number of ether oxygens (including phenoxy) is 3. The van der Waals surface area contributed by atoms with Crippen LogP contribution in [0.2, 0.25) is 0 Å². The molecule has 0 aliphatic heterocycles. The fourth-order valence-corrected chi connectivity index (χ4v) is 1.95. The van der Waals surface area contributed by atoms with Crippen LogP contribution in [0.4, 0.5) is 8.78 Å². The van der Waals surface area contributed by atoms with Gasteiger partial charge in [-0.15, -0.1) is 0 Å². The minimum atomic E-state index is -2.92. The van der Waals surface area contributed by atoms with Crippen molar-refractivity contribution in [3.8, 4) is 11.5 Å². The molecule has 1 amide bonds. The molecule has 140 valence electrons. The van der Waals surface area contributed by atoms with Gasteiger partial charge in [0.25, 0.3) is 0 Å². The molecular formula is C18H25F2NO4. The topological polar surface area (TPSA) is 56.8 Å². The minimum Gasteiger partial charge on any atom is -0.493 e. The Balaban J connectivity index is 2.40. The summed E-state index contributed by atoms with van der Waals surface area (Å²) in [5, 5.41) is 2.75. The van der Waals surface area contributed by atoms with Gasteiger partial charge in [0.2, 0.25) is 5.91 Å². The highest BCUT2D eigenvalue weighted by molar-refractivity contribution is 5.91. The monoisotopic (exact) mass is 357 g/mol. The van der Waals surface area contributed by atoms with Crippen LogP contribution in [0.15, 0.2) is 24.3 Å². The highest BCUT2D eigenvalue weighted by Crippen LogP contribution is 2.29. The van der Waals surface area contributed by atoms with Gasteiger partial charge in [-0.3, -0.25) is 4.79 Å². The first-order valence-corrected chi connectivity index (χ1v) is 8.23. The third-order valence-electron chi connectivity index (χ3n) is 3.24. The van der Waals surface area contributed by atoms with E-state index >= 15 is 0 Å². The second kappa shape index (κ2) is 12.2. The zero-order valence-corrected chi connectivity index (χ0v) is 14.6. The van der Waals surface area contributed by atoms with Crippen LogP contribution in [0.3, 0.4) is 0 Å². The van der Waals surface area contributed by atoms with Gasteiger partial charge >= 0.3 is 6.61 Å². The number of alkyl halides is 2. The van der Waals surface area contributed by atoms with E-state index in [2.05, 4.69) is 17.0 Å². The Bertz CT molecular complexity index is 550. The molecule has 7 heteroatoms. The Morgan fingerprint density at radius 3 is 2.68 bits per heavy atom. The first kappa shape index (κ1) is 20.9. The molecule has 1 aromatic rings. The van der Waals surface area contributed by atoms with Gasteiger partial charge in [-0.05, 0) is 36.6 Å². The van der Waals surface area contributed by atoms with E-state index in [9.17, 15) is 13.6 Å². The van der Waals surface area contributed by atoms with E-state index in [4.69, 9.17) is 9.47 Å². The summed E-state index contributed by atoms with van der Waals surface area (Å²) in [5.74, 6) is -0.116. The lowest BCUT2D eigenvalue weighted by Gasteiger charge is -2.10. The van der Waals surface area contributed by atoms with Crippen LogP contribution in [0, 0.1) is 0 Å². The van der Waals surface area contributed by atoms with Gasteiger partial charge in [0.1, 0.15) is 0 Å². The maximum Gasteiger partial charge on any atom is 0.387 e. The van der Waals surface area contributed by atoms with Crippen molar-refractivity contribution in [3.63, 3.8) is 0 Å². The average molecular weight is 357 g/mol. The standard InChI is InChI=1S/C18H25F2NO4/c1-3-4-11-24-12-5-10-21-17(22)9-7-14-6-8-15(25-18(19)20)16(13-14)23-2/h6-9,13,18H,3-5,10-12H2,1-2H3,(H,21,22)/b9-7+. The maximum absolute atomic E-state index is 12.3. The van der Waals surface area contributed by atoms with Gasteiger partial charge < -0.3 is 19.5 Å². The Labute approximate surface area is 147 Å². The van der Waals surface area contributed by atoms with E-state index in [0.717, 1.165) is 25.9 Å². The SMILES string of the molecule is CCCCOCCCNC(=O)/C=C/c1ccc(OC(F)F)c(OC)c1. The number of hydrogen-bond donors (Lipinski definition) is 1. The van der Waals surface area contributed by atoms with Crippen LogP contribution in [-0.2, 0) is 9.53 Å². The number of rotatable bonds is 12. The molecule has 0 aliphatic carbocycles. The molecule has 0 saturated heterocycles. The van der Waals surface area contributed by atoms with Crippen LogP contribution in [0.25, 0.3) is 6.08 Å². The smallest absolute Gasteiger partial charge is 0.387 e. The van der Waals surface area contributed by atoms with Crippen LogP contribution in [0.5, 0.6) is 11.5 Å². The number of unbranched alkanes of at least 4 members (excludes halogenated alkanes) is 1. The van der Waals surface area contributed by atoms with Gasteiger partial charge in [-0.25, -0.2) is 0 Å². The van der Waals surface area contributed by atoms with Crippen molar-refractivity contribution in [2.45, 2.75) is 32.8 Å². The molecule has 1 rings (SSSR count). The summed E-state index contributed by atoms with van der Waals surface area (Å²) in [5.41, 5.74) is 0.636. The Morgan fingerprint density at radius 2 is 2.00 bits per heavy atom. The largest absolute Gasteiger partial charge is 0.493 e. The number of carbonyl (C=O) groups excluding carboxylic acids is 1. The van der Waals surface area contributed by atoms with Crippen LogP contribution in [0.1, 0.15) is 31.7 Å². The number of methoxy groups -OCH3 is 1. The summed E-state index contributed by atoms with van der Waals surface area (Å²) >= 11 is 0. The van der Waals surface area contributed by atoms with Crippen molar-refractivity contribution in [2.75, 3.05) is 26.9 Å². The molecule has 25 heavy (non-hydrogen) atoms. The molecule has 0 radical (unpaired) electrons. The number of amides is 1. The van der Waals surface area contributed by atoms with Crippen molar-refractivity contribution >= 4 is 12.0 Å². The van der Waals surface area contributed by atoms with Gasteiger partial charge in [0.05, 0.1) is 7.11 Å². The molecule has 1 N–H and O–H groups in total. The van der Waals surface area contributed by atoms with Crippen molar-refractivity contribution in [2.24, 2.45) is 0 Å². The zero-order valence-electron chi connectivity index (χ0n) is 14.6. The molecule has 0 aliphatic rings.